The molecule has 0 aliphatic carbocycles. The number of anilines is 1. The lowest BCUT2D eigenvalue weighted by Crippen LogP contribution is -2.47. The highest BCUT2D eigenvalue weighted by Gasteiger charge is 2.27. The molecule has 1 fully saturated rings. The number of nitrogens with two attached hydrogens (primary N) is 2. The largest absolute Gasteiger partial charge is 0.484 e. The molecule has 1 saturated heterocycles. The van der Waals surface area contributed by atoms with Crippen LogP contribution < -0.4 is 21.1 Å². The molecule has 1 atom stereocenters. The van der Waals surface area contributed by atoms with E-state index in [4.69, 9.17) is 16.2 Å². The fraction of sp³-hybridized carbons (Fsp3) is 0.440. The van der Waals surface area contributed by atoms with E-state index in [-0.39, 0.29) is 18.5 Å². The number of likely N-dealkylation sites (tertiary alicyclic amines) is 1. The summed E-state index contributed by atoms with van der Waals surface area (Å²) in [5.41, 5.74) is 12.7. The van der Waals surface area contributed by atoms with E-state index in [1.165, 1.54) is 12.1 Å². The standard InChI is InChI=1S/C25H32FN5O2/c1-18(8-11-27)30-12-9-22(10-13-30)31(16-20-14-19(15-28)2-7-24(20)26)21-3-5-23(6-4-21)33-17-25(29)32/h2-7,14,18,22H,8-13,16-17,27H2,1H3,(H2,29,32)/t18-/m1/s1. The lowest BCUT2D eigenvalue weighted by Gasteiger charge is -2.42. The van der Waals surface area contributed by atoms with Crippen molar-refractivity contribution in [3.8, 4) is 11.8 Å². The Balaban J connectivity index is 1.81. The van der Waals surface area contributed by atoms with Crippen molar-refractivity contribution in [2.24, 2.45) is 11.5 Å². The maximum atomic E-state index is 14.6. The van der Waals surface area contributed by atoms with Gasteiger partial charge in [-0.1, -0.05) is 0 Å². The molecular formula is C25H32FN5O2. The smallest absolute Gasteiger partial charge is 0.255 e. The Bertz CT molecular complexity index is 968. The second kappa shape index (κ2) is 11.6. The minimum Gasteiger partial charge on any atom is -0.484 e. The van der Waals surface area contributed by atoms with Crippen LogP contribution in [0.25, 0.3) is 0 Å². The van der Waals surface area contributed by atoms with Crippen LogP contribution in [0.5, 0.6) is 5.75 Å². The van der Waals surface area contributed by atoms with E-state index in [2.05, 4.69) is 22.8 Å². The fourth-order valence-electron chi connectivity index (χ4n) is 4.33. The number of piperidine rings is 1. The zero-order chi connectivity index (χ0) is 23.8. The van der Waals surface area contributed by atoms with Gasteiger partial charge in [-0.15, -0.1) is 0 Å². The van der Waals surface area contributed by atoms with Crippen molar-refractivity contribution >= 4 is 11.6 Å². The average molecular weight is 454 g/mol. The van der Waals surface area contributed by atoms with Crippen LogP contribution >= 0.6 is 0 Å². The van der Waals surface area contributed by atoms with E-state index >= 15 is 0 Å². The van der Waals surface area contributed by atoms with Gasteiger partial charge >= 0.3 is 0 Å². The number of nitriles is 1. The van der Waals surface area contributed by atoms with Crippen molar-refractivity contribution in [2.75, 3.05) is 31.1 Å². The average Bonchev–Trinajstić information content (AvgIpc) is 2.83. The molecule has 1 aliphatic rings. The van der Waals surface area contributed by atoms with E-state index in [0.717, 1.165) is 38.0 Å². The molecule has 33 heavy (non-hydrogen) atoms. The summed E-state index contributed by atoms with van der Waals surface area (Å²) < 4.78 is 20.0. The first-order chi connectivity index (χ1) is 15.9. The number of hydrogen-bond acceptors (Lipinski definition) is 6. The molecule has 4 N–H and O–H groups in total. The number of ether oxygens (including phenoxy) is 1. The number of hydrogen-bond donors (Lipinski definition) is 2. The van der Waals surface area contributed by atoms with E-state index in [1.54, 1.807) is 18.2 Å². The Morgan fingerprint density at radius 1 is 1.27 bits per heavy atom. The second-order valence-corrected chi connectivity index (χ2v) is 8.49. The SMILES string of the molecule is C[C@H](CCN)N1CCC(N(Cc2cc(C#N)ccc2F)c2ccc(OCC(N)=O)cc2)CC1. The minimum absolute atomic E-state index is 0.186. The Kier molecular flexibility index (Phi) is 8.64. The van der Waals surface area contributed by atoms with Gasteiger partial charge in [0.25, 0.3) is 5.91 Å². The first-order valence-electron chi connectivity index (χ1n) is 11.3. The monoisotopic (exact) mass is 453 g/mol. The summed E-state index contributed by atoms with van der Waals surface area (Å²) in [5.74, 6) is -0.320. The van der Waals surface area contributed by atoms with Gasteiger partial charge in [-0.05, 0) is 75.2 Å². The molecule has 7 nitrogen and oxygen atoms in total. The lowest BCUT2D eigenvalue weighted by atomic mass is 9.99. The fourth-order valence-corrected chi connectivity index (χ4v) is 4.33. The topological polar surface area (TPSA) is 109 Å². The molecule has 176 valence electrons. The number of primary amides is 1. The highest BCUT2D eigenvalue weighted by Crippen LogP contribution is 2.29. The van der Waals surface area contributed by atoms with Crippen LogP contribution in [-0.4, -0.2) is 49.1 Å². The molecule has 0 saturated carbocycles. The van der Waals surface area contributed by atoms with Crippen LogP contribution in [0.3, 0.4) is 0 Å². The van der Waals surface area contributed by atoms with E-state index in [1.807, 2.05) is 12.1 Å². The summed E-state index contributed by atoms with van der Waals surface area (Å²) in [6, 6.07) is 14.6. The van der Waals surface area contributed by atoms with Gasteiger partial charge in [0.15, 0.2) is 6.61 Å². The highest BCUT2D eigenvalue weighted by atomic mass is 19.1. The van der Waals surface area contributed by atoms with Crippen molar-refractivity contribution in [2.45, 2.75) is 44.8 Å². The van der Waals surface area contributed by atoms with Crippen LogP contribution in [0.4, 0.5) is 10.1 Å². The molecule has 2 aromatic carbocycles. The number of rotatable bonds is 10. The summed E-state index contributed by atoms with van der Waals surface area (Å²) in [6.45, 7) is 4.94. The first kappa shape index (κ1) is 24.5. The number of amides is 1. The number of halogens is 1. The predicted molar refractivity (Wildman–Crippen MR) is 126 cm³/mol. The van der Waals surface area contributed by atoms with Gasteiger partial charge < -0.3 is 26.0 Å². The zero-order valence-corrected chi connectivity index (χ0v) is 19.0. The molecule has 0 spiro atoms. The Morgan fingerprint density at radius 2 is 1.97 bits per heavy atom. The molecule has 0 aromatic heterocycles. The van der Waals surface area contributed by atoms with Crippen LogP contribution in [0.1, 0.15) is 37.3 Å². The van der Waals surface area contributed by atoms with Crippen LogP contribution in [0.2, 0.25) is 0 Å². The predicted octanol–water partition coefficient (Wildman–Crippen LogP) is 2.77. The lowest BCUT2D eigenvalue weighted by molar-refractivity contribution is -0.119. The summed E-state index contributed by atoms with van der Waals surface area (Å²) in [5, 5.41) is 9.25. The third-order valence-electron chi connectivity index (χ3n) is 6.21. The molecule has 1 aliphatic heterocycles. The number of carbonyl (C=O) groups is 1. The van der Waals surface area contributed by atoms with Gasteiger partial charge in [-0.3, -0.25) is 4.79 Å². The van der Waals surface area contributed by atoms with E-state index < -0.39 is 5.91 Å². The summed E-state index contributed by atoms with van der Waals surface area (Å²) >= 11 is 0. The van der Waals surface area contributed by atoms with Gasteiger partial charge in [0.05, 0.1) is 11.6 Å². The molecule has 2 aromatic rings. The number of benzene rings is 2. The Labute approximate surface area is 194 Å². The van der Waals surface area contributed by atoms with Crippen LogP contribution in [0.15, 0.2) is 42.5 Å². The maximum Gasteiger partial charge on any atom is 0.255 e. The third-order valence-corrected chi connectivity index (χ3v) is 6.21. The van der Waals surface area contributed by atoms with Crippen molar-refractivity contribution in [1.82, 2.24) is 4.90 Å². The summed E-state index contributed by atoms with van der Waals surface area (Å²) in [6.07, 6.45) is 2.84. The maximum absolute atomic E-state index is 14.6. The minimum atomic E-state index is -0.538. The van der Waals surface area contributed by atoms with Gasteiger partial charge in [0, 0.05) is 43.0 Å². The van der Waals surface area contributed by atoms with Crippen LogP contribution in [-0.2, 0) is 11.3 Å². The van der Waals surface area contributed by atoms with E-state index in [9.17, 15) is 14.4 Å². The molecular weight excluding hydrogens is 421 g/mol. The molecule has 3 rings (SSSR count). The van der Waals surface area contributed by atoms with Crippen molar-refractivity contribution in [1.29, 1.82) is 5.26 Å². The summed E-state index contributed by atoms with van der Waals surface area (Å²) in [4.78, 5) is 15.6. The second-order valence-electron chi connectivity index (χ2n) is 8.49. The molecule has 0 unspecified atom stereocenters. The quantitative estimate of drug-likeness (QED) is 0.573. The number of carbonyl (C=O) groups excluding carboxylic acids is 1. The highest BCUT2D eigenvalue weighted by molar-refractivity contribution is 5.75. The van der Waals surface area contributed by atoms with Crippen molar-refractivity contribution < 1.29 is 13.9 Å². The van der Waals surface area contributed by atoms with Gasteiger partial charge in [0.2, 0.25) is 0 Å². The zero-order valence-electron chi connectivity index (χ0n) is 19.0. The van der Waals surface area contributed by atoms with Gasteiger partial charge in [-0.2, -0.15) is 5.26 Å². The Morgan fingerprint density at radius 3 is 2.58 bits per heavy atom. The Hall–Kier alpha value is -3.15. The molecule has 1 heterocycles. The van der Waals surface area contributed by atoms with Crippen molar-refractivity contribution in [3.05, 3.63) is 59.4 Å². The third kappa shape index (κ3) is 6.67. The van der Waals surface area contributed by atoms with Crippen molar-refractivity contribution in [3.63, 3.8) is 0 Å². The molecule has 1 amide bonds. The van der Waals surface area contributed by atoms with Crippen LogP contribution in [0, 0.1) is 17.1 Å². The normalized spacial score (nSPS) is 15.6. The number of nitrogens with zero attached hydrogens (tertiary/aromatic N) is 3. The summed E-state index contributed by atoms with van der Waals surface area (Å²) in [7, 11) is 0. The van der Waals surface area contributed by atoms with Gasteiger partial charge in [0.1, 0.15) is 11.6 Å². The van der Waals surface area contributed by atoms with E-state index in [0.29, 0.717) is 36.0 Å². The molecule has 8 heteroatoms. The molecule has 0 radical (unpaired) electrons. The molecule has 0 bridgehead atoms. The van der Waals surface area contributed by atoms with Gasteiger partial charge in [-0.25, -0.2) is 4.39 Å². The first-order valence-corrected chi connectivity index (χ1v) is 11.3.